The van der Waals surface area contributed by atoms with Crippen LogP contribution in [0.5, 0.6) is 0 Å². The molecule has 0 aliphatic carbocycles. The first kappa shape index (κ1) is 14.3. The normalized spacial score (nSPS) is 14.0. The Morgan fingerprint density at radius 3 is 2.63 bits per heavy atom. The molecule has 0 spiro atoms. The van der Waals surface area contributed by atoms with Gasteiger partial charge in [-0.1, -0.05) is 11.6 Å². The largest absolute Gasteiger partial charge is 0.391 e. The van der Waals surface area contributed by atoms with Gasteiger partial charge in [0.15, 0.2) is 4.77 Å². The summed E-state index contributed by atoms with van der Waals surface area (Å²) < 4.78 is 52.0. The van der Waals surface area contributed by atoms with Crippen molar-refractivity contribution < 1.29 is 17.6 Å². The zero-order chi connectivity index (χ0) is 14.4. The Balaban J connectivity index is 2.57. The van der Waals surface area contributed by atoms with E-state index in [0.717, 1.165) is 6.07 Å². The fourth-order valence-electron chi connectivity index (χ4n) is 1.98. The first-order chi connectivity index (χ1) is 8.69. The molecule has 2 aromatic rings. The second kappa shape index (κ2) is 4.79. The zero-order valence-corrected chi connectivity index (χ0v) is 11.3. The topological polar surface area (TPSA) is 20.7 Å². The van der Waals surface area contributed by atoms with Crippen LogP contribution in [0.3, 0.4) is 0 Å². The van der Waals surface area contributed by atoms with E-state index in [-0.39, 0.29) is 15.3 Å². The molecule has 1 atom stereocenters. The number of fused-ring (bicyclic) bond motifs is 1. The van der Waals surface area contributed by atoms with Crippen molar-refractivity contribution in [2.45, 2.75) is 25.6 Å². The summed E-state index contributed by atoms with van der Waals surface area (Å²) in [5.74, 6) is -0.698. The van der Waals surface area contributed by atoms with E-state index < -0.39 is 24.5 Å². The minimum Gasteiger partial charge on any atom is -0.331 e. The van der Waals surface area contributed by atoms with E-state index >= 15 is 0 Å². The highest BCUT2D eigenvalue weighted by Gasteiger charge is 2.31. The van der Waals surface area contributed by atoms with Gasteiger partial charge < -0.3 is 9.55 Å². The number of nitrogens with one attached hydrogen (secondary N) is 1. The van der Waals surface area contributed by atoms with E-state index in [4.69, 9.17) is 23.8 Å². The molecule has 0 saturated heterocycles. The van der Waals surface area contributed by atoms with E-state index in [1.165, 1.54) is 17.6 Å². The van der Waals surface area contributed by atoms with Gasteiger partial charge in [0.2, 0.25) is 0 Å². The molecule has 0 fully saturated rings. The summed E-state index contributed by atoms with van der Waals surface area (Å²) in [6, 6.07) is 1.46. The SMILES string of the molecule is CC(CC(F)(F)F)n1c(=S)[nH]c2cc(Cl)c(F)cc21. The molecule has 2 nitrogen and oxygen atoms in total. The van der Waals surface area contributed by atoms with Crippen molar-refractivity contribution in [3.05, 3.63) is 27.7 Å². The van der Waals surface area contributed by atoms with Crippen LogP contribution in [0.15, 0.2) is 12.1 Å². The molecule has 1 aromatic heterocycles. The van der Waals surface area contributed by atoms with Gasteiger partial charge in [0.25, 0.3) is 0 Å². The number of benzene rings is 1. The highest BCUT2D eigenvalue weighted by atomic mass is 35.5. The zero-order valence-electron chi connectivity index (χ0n) is 9.68. The average molecular weight is 313 g/mol. The average Bonchev–Trinajstić information content (AvgIpc) is 2.52. The van der Waals surface area contributed by atoms with Gasteiger partial charge in [-0.3, -0.25) is 0 Å². The minimum absolute atomic E-state index is 0.105. The Bertz CT molecular complexity index is 674. The first-order valence-electron chi connectivity index (χ1n) is 5.35. The molecule has 0 bridgehead atoms. The number of hydrogen-bond donors (Lipinski definition) is 1. The summed E-state index contributed by atoms with van der Waals surface area (Å²) in [6.45, 7) is 1.38. The smallest absolute Gasteiger partial charge is 0.331 e. The van der Waals surface area contributed by atoms with Crippen LogP contribution < -0.4 is 0 Å². The van der Waals surface area contributed by atoms with Crippen LogP contribution in [0.1, 0.15) is 19.4 Å². The van der Waals surface area contributed by atoms with Gasteiger partial charge >= 0.3 is 6.18 Å². The van der Waals surface area contributed by atoms with Gasteiger partial charge in [0.1, 0.15) is 5.82 Å². The second-order valence-corrected chi connectivity index (χ2v) is 5.05. The molecule has 8 heteroatoms. The molecule has 104 valence electrons. The lowest BCUT2D eigenvalue weighted by atomic mass is 10.2. The maximum atomic E-state index is 13.4. The Morgan fingerprint density at radius 1 is 1.42 bits per heavy atom. The number of aromatic nitrogens is 2. The molecular weight excluding hydrogens is 304 g/mol. The van der Waals surface area contributed by atoms with E-state index in [1.807, 2.05) is 0 Å². The van der Waals surface area contributed by atoms with Crippen molar-refractivity contribution in [2.24, 2.45) is 0 Å². The third-order valence-corrected chi connectivity index (χ3v) is 3.31. The predicted octanol–water partition coefficient (Wildman–Crippen LogP) is 5.00. The van der Waals surface area contributed by atoms with E-state index in [1.54, 1.807) is 0 Å². The Labute approximate surface area is 116 Å². The van der Waals surface area contributed by atoms with Crippen LogP contribution in [0.2, 0.25) is 5.02 Å². The van der Waals surface area contributed by atoms with Crippen molar-refractivity contribution in [1.82, 2.24) is 9.55 Å². The second-order valence-electron chi connectivity index (χ2n) is 4.25. The summed E-state index contributed by atoms with van der Waals surface area (Å²) >= 11 is 10.6. The van der Waals surface area contributed by atoms with Crippen LogP contribution in [0, 0.1) is 10.6 Å². The summed E-state index contributed by atoms with van der Waals surface area (Å²) in [6.07, 6.45) is -5.36. The fourth-order valence-corrected chi connectivity index (χ4v) is 2.54. The number of nitrogens with zero attached hydrogens (tertiary/aromatic N) is 1. The minimum atomic E-state index is -4.32. The summed E-state index contributed by atoms with van der Waals surface area (Å²) in [5.41, 5.74) is 0.675. The highest BCUT2D eigenvalue weighted by molar-refractivity contribution is 7.71. The Hall–Kier alpha value is -1.08. The van der Waals surface area contributed by atoms with Crippen LogP contribution in [-0.4, -0.2) is 15.7 Å². The standard InChI is InChI=1S/C11H9ClF4N2S/c1-5(4-11(14,15)16)18-9-3-7(13)6(12)2-8(9)17-10(18)19/h2-3,5H,4H2,1H3,(H,17,19). The number of aromatic amines is 1. The molecule has 1 unspecified atom stereocenters. The molecule has 0 radical (unpaired) electrons. The molecule has 1 heterocycles. The quantitative estimate of drug-likeness (QED) is 0.611. The molecule has 2 rings (SSSR count). The van der Waals surface area contributed by atoms with Gasteiger partial charge in [0.05, 0.1) is 22.5 Å². The first-order valence-corrected chi connectivity index (χ1v) is 6.13. The van der Waals surface area contributed by atoms with Crippen molar-refractivity contribution in [3.63, 3.8) is 0 Å². The molecule has 0 amide bonds. The van der Waals surface area contributed by atoms with Gasteiger partial charge in [-0.2, -0.15) is 13.2 Å². The number of hydrogen-bond acceptors (Lipinski definition) is 1. The number of rotatable bonds is 2. The van der Waals surface area contributed by atoms with Crippen molar-refractivity contribution in [2.75, 3.05) is 0 Å². The Morgan fingerprint density at radius 2 is 2.05 bits per heavy atom. The molecule has 0 aliphatic rings. The molecule has 1 N–H and O–H groups in total. The predicted molar refractivity (Wildman–Crippen MR) is 67.5 cm³/mol. The number of halogens is 5. The van der Waals surface area contributed by atoms with Gasteiger partial charge in [-0.15, -0.1) is 0 Å². The monoisotopic (exact) mass is 312 g/mol. The van der Waals surface area contributed by atoms with E-state index in [9.17, 15) is 17.6 Å². The molecule has 19 heavy (non-hydrogen) atoms. The number of H-pyrrole nitrogens is 1. The maximum Gasteiger partial charge on any atom is 0.391 e. The van der Waals surface area contributed by atoms with Crippen molar-refractivity contribution in [3.8, 4) is 0 Å². The lowest BCUT2D eigenvalue weighted by molar-refractivity contribution is -0.141. The Kier molecular flexibility index (Phi) is 3.61. The van der Waals surface area contributed by atoms with Crippen molar-refractivity contribution in [1.29, 1.82) is 0 Å². The molecular formula is C11H9ClF4N2S. The van der Waals surface area contributed by atoms with Crippen LogP contribution >= 0.6 is 23.8 Å². The number of alkyl halides is 3. The van der Waals surface area contributed by atoms with Crippen LogP contribution in [0.25, 0.3) is 11.0 Å². The fraction of sp³-hybridized carbons (Fsp3) is 0.364. The third kappa shape index (κ3) is 2.92. The molecule has 0 saturated carbocycles. The van der Waals surface area contributed by atoms with Gasteiger partial charge in [0, 0.05) is 12.1 Å². The summed E-state index contributed by atoms with van der Waals surface area (Å²) in [5, 5.41) is -0.112. The summed E-state index contributed by atoms with van der Waals surface area (Å²) in [7, 11) is 0. The van der Waals surface area contributed by atoms with Crippen LogP contribution in [-0.2, 0) is 0 Å². The van der Waals surface area contributed by atoms with Gasteiger partial charge in [-0.25, -0.2) is 4.39 Å². The molecule has 1 aromatic carbocycles. The van der Waals surface area contributed by atoms with Crippen molar-refractivity contribution >= 4 is 34.9 Å². The number of imidazole rings is 1. The molecule has 0 aliphatic heterocycles. The third-order valence-electron chi connectivity index (χ3n) is 2.73. The van der Waals surface area contributed by atoms with E-state index in [2.05, 4.69) is 4.98 Å². The van der Waals surface area contributed by atoms with E-state index in [0.29, 0.717) is 5.52 Å². The highest BCUT2D eigenvalue weighted by Crippen LogP contribution is 2.31. The lowest BCUT2D eigenvalue weighted by Crippen LogP contribution is -2.16. The maximum absolute atomic E-state index is 13.4. The summed E-state index contributed by atoms with van der Waals surface area (Å²) in [4.78, 5) is 2.72. The van der Waals surface area contributed by atoms with Crippen LogP contribution in [0.4, 0.5) is 17.6 Å². The lowest BCUT2D eigenvalue weighted by Gasteiger charge is -2.16. The van der Waals surface area contributed by atoms with Gasteiger partial charge in [-0.05, 0) is 25.2 Å².